The van der Waals surface area contributed by atoms with E-state index in [4.69, 9.17) is 4.74 Å². The molecule has 0 bridgehead atoms. The molecule has 136 valence electrons. The first kappa shape index (κ1) is 17.1. The number of hydrogen-bond acceptors (Lipinski definition) is 3. The minimum absolute atomic E-state index is 0.0727. The van der Waals surface area contributed by atoms with Crippen LogP contribution < -0.4 is 0 Å². The van der Waals surface area contributed by atoms with Gasteiger partial charge in [-0.3, -0.25) is 0 Å². The number of aliphatic hydroxyl groups is 1. The third kappa shape index (κ3) is 2.88. The van der Waals surface area contributed by atoms with E-state index in [0.717, 1.165) is 12.8 Å². The first-order valence-corrected chi connectivity index (χ1v) is 9.50. The fraction of sp³-hybridized carbons (Fsp3) is 0.409. The molecule has 0 spiro atoms. The van der Waals surface area contributed by atoms with Crippen molar-refractivity contribution >= 4 is 6.09 Å². The molecule has 1 N–H and O–H groups in total. The molecule has 0 aromatic heterocycles. The number of fused-ring (bicyclic) bond motifs is 3. The Hall–Kier alpha value is -2.33. The van der Waals surface area contributed by atoms with Crippen LogP contribution in [-0.2, 0) is 4.74 Å². The van der Waals surface area contributed by atoms with Crippen molar-refractivity contribution in [3.8, 4) is 11.1 Å². The molecule has 1 heterocycles. The van der Waals surface area contributed by atoms with Gasteiger partial charge < -0.3 is 14.7 Å². The lowest BCUT2D eigenvalue weighted by atomic mass is 9.98. The molecule has 1 aliphatic carbocycles. The van der Waals surface area contributed by atoms with E-state index in [1.54, 1.807) is 4.90 Å². The third-order valence-electron chi connectivity index (χ3n) is 5.73. The lowest BCUT2D eigenvalue weighted by Crippen LogP contribution is -2.43. The van der Waals surface area contributed by atoms with E-state index in [0.29, 0.717) is 19.6 Å². The lowest BCUT2D eigenvalue weighted by Gasteiger charge is -2.28. The van der Waals surface area contributed by atoms with Gasteiger partial charge in [-0.1, -0.05) is 55.5 Å². The lowest BCUT2D eigenvalue weighted by molar-refractivity contribution is 0.0487. The van der Waals surface area contributed by atoms with Crippen molar-refractivity contribution in [1.82, 2.24) is 4.90 Å². The fourth-order valence-corrected chi connectivity index (χ4v) is 4.37. The van der Waals surface area contributed by atoms with E-state index in [2.05, 4.69) is 24.3 Å². The number of rotatable bonds is 4. The van der Waals surface area contributed by atoms with Crippen LogP contribution in [0.25, 0.3) is 11.1 Å². The molecule has 2 aliphatic rings. The van der Waals surface area contributed by atoms with Gasteiger partial charge in [-0.2, -0.15) is 0 Å². The Bertz CT molecular complexity index is 758. The maximum absolute atomic E-state index is 12.6. The SMILES string of the molecule is CCC(O)[C@@H]1CCCN1C(=O)OCC1c2ccccc2-c2ccccc21. The number of amides is 1. The molecule has 26 heavy (non-hydrogen) atoms. The zero-order chi connectivity index (χ0) is 18.1. The number of hydrogen-bond donors (Lipinski definition) is 1. The van der Waals surface area contributed by atoms with E-state index in [-0.39, 0.29) is 18.1 Å². The van der Waals surface area contributed by atoms with Gasteiger partial charge >= 0.3 is 6.09 Å². The summed E-state index contributed by atoms with van der Waals surface area (Å²) in [5.74, 6) is 0.0727. The van der Waals surface area contributed by atoms with E-state index in [1.165, 1.54) is 22.3 Å². The van der Waals surface area contributed by atoms with Gasteiger partial charge in [-0.25, -0.2) is 4.79 Å². The summed E-state index contributed by atoms with van der Waals surface area (Å²) in [5, 5.41) is 10.2. The summed E-state index contributed by atoms with van der Waals surface area (Å²) >= 11 is 0. The molecule has 4 nitrogen and oxygen atoms in total. The average Bonchev–Trinajstić information content (AvgIpc) is 3.29. The molecule has 1 amide bonds. The highest BCUT2D eigenvalue weighted by Gasteiger charge is 2.35. The quantitative estimate of drug-likeness (QED) is 0.899. The Morgan fingerprint density at radius 1 is 1.15 bits per heavy atom. The van der Waals surface area contributed by atoms with E-state index in [1.807, 2.05) is 31.2 Å². The molecular formula is C22H25NO3. The van der Waals surface area contributed by atoms with E-state index in [9.17, 15) is 9.90 Å². The topological polar surface area (TPSA) is 49.8 Å². The Balaban J connectivity index is 1.51. The number of likely N-dealkylation sites (tertiary alicyclic amines) is 1. The van der Waals surface area contributed by atoms with Crippen LogP contribution >= 0.6 is 0 Å². The predicted molar refractivity (Wildman–Crippen MR) is 101 cm³/mol. The Kier molecular flexibility index (Phi) is 4.68. The molecule has 4 heteroatoms. The molecule has 1 fully saturated rings. The zero-order valence-corrected chi connectivity index (χ0v) is 15.1. The molecule has 2 aromatic rings. The van der Waals surface area contributed by atoms with Crippen LogP contribution in [0.3, 0.4) is 0 Å². The summed E-state index contributed by atoms with van der Waals surface area (Å²) in [4.78, 5) is 14.4. The Labute approximate surface area is 154 Å². The fourth-order valence-electron chi connectivity index (χ4n) is 4.37. The first-order valence-electron chi connectivity index (χ1n) is 9.50. The monoisotopic (exact) mass is 351 g/mol. The van der Waals surface area contributed by atoms with E-state index < -0.39 is 6.10 Å². The highest BCUT2D eigenvalue weighted by Crippen LogP contribution is 2.44. The van der Waals surface area contributed by atoms with Crippen molar-refractivity contribution in [2.45, 2.75) is 44.2 Å². The maximum atomic E-state index is 12.6. The van der Waals surface area contributed by atoms with Crippen molar-refractivity contribution in [3.63, 3.8) is 0 Å². The average molecular weight is 351 g/mol. The number of ether oxygens (including phenoxy) is 1. The normalized spacial score (nSPS) is 19.9. The predicted octanol–water partition coefficient (Wildman–Crippen LogP) is 4.17. The Morgan fingerprint density at radius 3 is 2.38 bits per heavy atom. The maximum Gasteiger partial charge on any atom is 0.410 e. The molecule has 1 saturated heterocycles. The largest absolute Gasteiger partial charge is 0.448 e. The molecular weight excluding hydrogens is 326 g/mol. The van der Waals surface area contributed by atoms with Crippen LogP contribution in [0.5, 0.6) is 0 Å². The highest BCUT2D eigenvalue weighted by molar-refractivity contribution is 5.79. The second kappa shape index (κ2) is 7.12. The van der Waals surface area contributed by atoms with Crippen LogP contribution in [0.15, 0.2) is 48.5 Å². The molecule has 2 aromatic carbocycles. The van der Waals surface area contributed by atoms with Crippen LogP contribution in [0.1, 0.15) is 43.2 Å². The van der Waals surface area contributed by atoms with Gasteiger partial charge in [0.15, 0.2) is 0 Å². The van der Waals surface area contributed by atoms with Gasteiger partial charge in [-0.05, 0) is 41.5 Å². The summed E-state index contributed by atoms with van der Waals surface area (Å²) in [5.41, 5.74) is 4.88. The number of nitrogens with zero attached hydrogens (tertiary/aromatic N) is 1. The van der Waals surface area contributed by atoms with Gasteiger partial charge in [0, 0.05) is 12.5 Å². The van der Waals surface area contributed by atoms with Crippen molar-refractivity contribution < 1.29 is 14.6 Å². The number of carbonyl (C=O) groups excluding carboxylic acids is 1. The van der Waals surface area contributed by atoms with E-state index >= 15 is 0 Å². The highest BCUT2D eigenvalue weighted by atomic mass is 16.6. The van der Waals surface area contributed by atoms with Crippen LogP contribution in [-0.4, -0.2) is 41.4 Å². The van der Waals surface area contributed by atoms with Crippen molar-refractivity contribution in [2.75, 3.05) is 13.2 Å². The molecule has 2 atom stereocenters. The summed E-state index contributed by atoms with van der Waals surface area (Å²) in [6.45, 7) is 2.94. The minimum atomic E-state index is -0.474. The van der Waals surface area contributed by atoms with Gasteiger partial charge in [-0.15, -0.1) is 0 Å². The minimum Gasteiger partial charge on any atom is -0.448 e. The zero-order valence-electron chi connectivity index (χ0n) is 15.1. The molecule has 0 radical (unpaired) electrons. The molecule has 1 aliphatic heterocycles. The summed E-state index contributed by atoms with van der Waals surface area (Å²) < 4.78 is 5.72. The molecule has 1 unspecified atom stereocenters. The summed E-state index contributed by atoms with van der Waals surface area (Å²) in [6.07, 6.45) is 1.64. The van der Waals surface area contributed by atoms with Gasteiger partial charge in [0.2, 0.25) is 0 Å². The second-order valence-electron chi connectivity index (χ2n) is 7.18. The molecule has 4 rings (SSSR count). The van der Waals surface area contributed by atoms with Crippen molar-refractivity contribution in [3.05, 3.63) is 59.7 Å². The van der Waals surface area contributed by atoms with Gasteiger partial charge in [0.1, 0.15) is 6.61 Å². The molecule has 0 saturated carbocycles. The van der Waals surface area contributed by atoms with Crippen LogP contribution in [0.2, 0.25) is 0 Å². The first-order chi connectivity index (χ1) is 12.7. The van der Waals surface area contributed by atoms with Gasteiger partial charge in [0.25, 0.3) is 0 Å². The van der Waals surface area contributed by atoms with Crippen molar-refractivity contribution in [2.24, 2.45) is 0 Å². The Morgan fingerprint density at radius 2 is 1.77 bits per heavy atom. The van der Waals surface area contributed by atoms with Crippen LogP contribution in [0, 0.1) is 0 Å². The standard InChI is InChI=1S/C22H25NO3/c1-2-21(24)20-12-7-13-23(20)22(25)26-14-19-17-10-5-3-8-15(17)16-9-4-6-11-18(16)19/h3-6,8-11,19-21,24H,2,7,12-14H2,1H3/t20-,21?/m0/s1. The van der Waals surface area contributed by atoms with Crippen molar-refractivity contribution in [1.29, 1.82) is 0 Å². The second-order valence-corrected chi connectivity index (χ2v) is 7.18. The number of aliphatic hydroxyl groups excluding tert-OH is 1. The number of carbonyl (C=O) groups is 1. The van der Waals surface area contributed by atoms with Crippen LogP contribution in [0.4, 0.5) is 4.79 Å². The smallest absolute Gasteiger partial charge is 0.410 e. The third-order valence-corrected chi connectivity index (χ3v) is 5.73. The van der Waals surface area contributed by atoms with Gasteiger partial charge in [0.05, 0.1) is 12.1 Å². The summed E-state index contributed by atoms with van der Waals surface area (Å²) in [6, 6.07) is 16.5. The summed E-state index contributed by atoms with van der Waals surface area (Å²) in [7, 11) is 0. The number of benzene rings is 2.